The van der Waals surface area contributed by atoms with Crippen molar-refractivity contribution in [3.05, 3.63) is 42.1 Å². The molecule has 0 aliphatic heterocycles. The third kappa shape index (κ3) is 5.33. The van der Waals surface area contributed by atoms with Gasteiger partial charge in [0.1, 0.15) is 0 Å². The molecule has 9 heteroatoms. The van der Waals surface area contributed by atoms with Gasteiger partial charge in [-0.2, -0.15) is 0 Å². The molecule has 0 atom stereocenters. The Bertz CT molecular complexity index is 853. The molecule has 0 saturated heterocycles. The van der Waals surface area contributed by atoms with Crippen LogP contribution in [0, 0.1) is 0 Å². The number of methoxy groups -OCH3 is 2. The lowest BCUT2D eigenvalue weighted by Crippen LogP contribution is -2.12. The molecule has 25 heavy (non-hydrogen) atoms. The van der Waals surface area contributed by atoms with Crippen LogP contribution < -0.4 is 14.8 Å². The van der Waals surface area contributed by atoms with Crippen molar-refractivity contribution < 1.29 is 22.7 Å². The number of nitrogens with zero attached hydrogens (tertiary/aromatic N) is 1. The Kier molecular flexibility index (Phi) is 6.22. The largest absolute Gasteiger partial charge is 0.493 e. The van der Waals surface area contributed by atoms with Gasteiger partial charge < -0.3 is 14.8 Å². The fourth-order valence-corrected chi connectivity index (χ4v) is 2.80. The van der Waals surface area contributed by atoms with E-state index in [0.29, 0.717) is 23.6 Å². The zero-order chi connectivity index (χ0) is 18.4. The lowest BCUT2D eigenvalue weighted by molar-refractivity contribution is -0.116. The number of benzene rings is 1. The maximum atomic E-state index is 12.0. The first-order valence-electron chi connectivity index (χ1n) is 7.25. The number of aryl methyl sites for hydroxylation is 1. The summed E-state index contributed by atoms with van der Waals surface area (Å²) in [5.41, 5.74) is 1.32. The van der Waals surface area contributed by atoms with E-state index in [9.17, 15) is 13.2 Å². The summed E-state index contributed by atoms with van der Waals surface area (Å²) >= 11 is 0. The number of nitrogens with one attached hydrogen (secondary N) is 1. The summed E-state index contributed by atoms with van der Waals surface area (Å²) in [5.74, 6) is 0.997. The predicted octanol–water partition coefficient (Wildman–Crippen LogP) is 2.60. The van der Waals surface area contributed by atoms with E-state index in [-0.39, 0.29) is 17.4 Å². The Morgan fingerprint density at radius 3 is 2.44 bits per heavy atom. The molecule has 1 heterocycles. The van der Waals surface area contributed by atoms with Crippen molar-refractivity contribution in [2.45, 2.75) is 17.9 Å². The highest BCUT2D eigenvalue weighted by atomic mass is 35.7. The molecule has 0 unspecified atom stereocenters. The minimum absolute atomic E-state index is 0.224. The number of carbonyl (C=O) groups excluding carboxylic acids is 1. The minimum Gasteiger partial charge on any atom is -0.493 e. The molecule has 0 saturated carbocycles. The molecule has 0 aliphatic carbocycles. The fraction of sp³-hybridized carbons (Fsp3) is 0.250. The highest BCUT2D eigenvalue weighted by Crippen LogP contribution is 2.28. The van der Waals surface area contributed by atoms with Gasteiger partial charge in [-0.3, -0.25) is 4.79 Å². The fourth-order valence-electron chi connectivity index (χ4n) is 2.12. The first-order chi connectivity index (χ1) is 11.8. The Balaban J connectivity index is 1.94. The molecule has 1 aromatic heterocycles. The lowest BCUT2D eigenvalue weighted by Gasteiger charge is -2.10. The van der Waals surface area contributed by atoms with Crippen LogP contribution in [-0.2, 0) is 20.3 Å². The van der Waals surface area contributed by atoms with Crippen LogP contribution in [0.3, 0.4) is 0 Å². The molecular weight excluding hydrogens is 368 g/mol. The molecule has 0 bridgehead atoms. The van der Waals surface area contributed by atoms with Crippen molar-refractivity contribution in [1.29, 1.82) is 0 Å². The van der Waals surface area contributed by atoms with Gasteiger partial charge in [0.25, 0.3) is 9.05 Å². The van der Waals surface area contributed by atoms with E-state index >= 15 is 0 Å². The maximum Gasteiger partial charge on any atom is 0.278 e. The maximum absolute atomic E-state index is 12.0. The number of hydrogen-bond donors (Lipinski definition) is 1. The number of anilines is 1. The van der Waals surface area contributed by atoms with Crippen LogP contribution in [0.5, 0.6) is 11.5 Å². The minimum atomic E-state index is -3.88. The van der Waals surface area contributed by atoms with E-state index in [4.69, 9.17) is 20.2 Å². The van der Waals surface area contributed by atoms with Gasteiger partial charge in [-0.25, -0.2) is 13.4 Å². The number of pyridine rings is 1. The van der Waals surface area contributed by atoms with Gasteiger partial charge in [-0.1, -0.05) is 6.07 Å². The van der Waals surface area contributed by atoms with Crippen molar-refractivity contribution in [3.63, 3.8) is 0 Å². The monoisotopic (exact) mass is 384 g/mol. The van der Waals surface area contributed by atoms with Gasteiger partial charge in [0.05, 0.1) is 26.1 Å². The second kappa shape index (κ2) is 8.17. The van der Waals surface area contributed by atoms with Gasteiger partial charge >= 0.3 is 0 Å². The molecule has 7 nitrogen and oxygen atoms in total. The molecule has 1 N–H and O–H groups in total. The summed E-state index contributed by atoms with van der Waals surface area (Å²) in [5, 5.41) is 2.38. The van der Waals surface area contributed by atoms with Crippen molar-refractivity contribution >= 4 is 31.3 Å². The highest BCUT2D eigenvalue weighted by Gasteiger charge is 2.12. The topological polar surface area (TPSA) is 94.6 Å². The Morgan fingerprint density at radius 1 is 1.16 bits per heavy atom. The van der Waals surface area contributed by atoms with Gasteiger partial charge in [0, 0.05) is 17.1 Å². The molecule has 1 amide bonds. The van der Waals surface area contributed by atoms with Crippen molar-refractivity contribution in [3.8, 4) is 11.5 Å². The van der Waals surface area contributed by atoms with Crippen LogP contribution in [-0.4, -0.2) is 33.5 Å². The number of rotatable bonds is 7. The predicted molar refractivity (Wildman–Crippen MR) is 93.8 cm³/mol. The van der Waals surface area contributed by atoms with Crippen LogP contribution >= 0.6 is 10.7 Å². The first-order valence-corrected chi connectivity index (χ1v) is 9.56. The first kappa shape index (κ1) is 19.0. The quantitative estimate of drug-likeness (QED) is 0.737. The van der Waals surface area contributed by atoms with Crippen LogP contribution in [0.2, 0.25) is 0 Å². The van der Waals surface area contributed by atoms with Crippen LogP contribution in [0.4, 0.5) is 5.69 Å². The highest BCUT2D eigenvalue weighted by molar-refractivity contribution is 8.13. The standard InChI is InChI=1S/C16H17ClN2O5S/c1-23-13-6-3-11(9-14(13)24-2)4-7-15(20)19-12-5-8-16(18-10-12)25(17,21)22/h3,5-6,8-10H,4,7H2,1-2H3,(H,19,20). The average Bonchev–Trinajstić information content (AvgIpc) is 2.59. The summed E-state index contributed by atoms with van der Waals surface area (Å²) in [4.78, 5) is 15.7. The number of carbonyl (C=O) groups is 1. The third-order valence-electron chi connectivity index (χ3n) is 3.36. The number of aromatic nitrogens is 1. The van der Waals surface area contributed by atoms with E-state index in [1.165, 1.54) is 18.3 Å². The lowest BCUT2D eigenvalue weighted by atomic mass is 10.1. The van der Waals surface area contributed by atoms with E-state index in [1.807, 2.05) is 12.1 Å². The second-order valence-corrected chi connectivity index (χ2v) is 7.57. The third-order valence-corrected chi connectivity index (χ3v) is 4.57. The smallest absolute Gasteiger partial charge is 0.278 e. The molecule has 2 aromatic rings. The molecule has 0 radical (unpaired) electrons. The second-order valence-electron chi connectivity index (χ2n) is 5.06. The normalized spacial score (nSPS) is 11.0. The zero-order valence-corrected chi connectivity index (χ0v) is 15.2. The Labute approximate surface area is 150 Å². The molecule has 0 fully saturated rings. The van der Waals surface area contributed by atoms with Crippen LogP contribution in [0.1, 0.15) is 12.0 Å². The zero-order valence-electron chi connectivity index (χ0n) is 13.7. The average molecular weight is 385 g/mol. The van der Waals surface area contributed by atoms with E-state index in [1.54, 1.807) is 20.3 Å². The Hall–Kier alpha value is -2.32. The van der Waals surface area contributed by atoms with Gasteiger partial charge in [0.2, 0.25) is 5.91 Å². The molecule has 1 aromatic carbocycles. The molecular formula is C16H17ClN2O5S. The summed E-state index contributed by atoms with van der Waals surface area (Å²) in [6, 6.07) is 8.11. The van der Waals surface area contributed by atoms with E-state index in [0.717, 1.165) is 5.56 Å². The van der Waals surface area contributed by atoms with Gasteiger partial charge in [0.15, 0.2) is 16.5 Å². The summed E-state index contributed by atoms with van der Waals surface area (Å²) < 4.78 is 32.6. The van der Waals surface area contributed by atoms with E-state index in [2.05, 4.69) is 10.3 Å². The molecule has 134 valence electrons. The summed E-state index contributed by atoms with van der Waals surface area (Å²) in [6.07, 6.45) is 1.99. The van der Waals surface area contributed by atoms with Crippen molar-refractivity contribution in [1.82, 2.24) is 4.98 Å². The number of halogens is 1. The van der Waals surface area contributed by atoms with Crippen LogP contribution in [0.25, 0.3) is 0 Å². The summed E-state index contributed by atoms with van der Waals surface area (Å²) in [6.45, 7) is 0. The molecule has 0 spiro atoms. The number of hydrogen-bond acceptors (Lipinski definition) is 6. The van der Waals surface area contributed by atoms with Crippen molar-refractivity contribution in [2.75, 3.05) is 19.5 Å². The van der Waals surface area contributed by atoms with Crippen LogP contribution in [0.15, 0.2) is 41.6 Å². The van der Waals surface area contributed by atoms with E-state index < -0.39 is 9.05 Å². The van der Waals surface area contributed by atoms with Crippen molar-refractivity contribution in [2.24, 2.45) is 0 Å². The van der Waals surface area contributed by atoms with Gasteiger partial charge in [-0.05, 0) is 36.2 Å². The summed E-state index contributed by atoms with van der Waals surface area (Å²) in [7, 11) is 4.41. The molecule has 0 aliphatic rings. The SMILES string of the molecule is COc1ccc(CCC(=O)Nc2ccc(S(=O)(=O)Cl)nc2)cc1OC. The molecule has 2 rings (SSSR count). The Morgan fingerprint density at radius 2 is 1.88 bits per heavy atom. The number of ether oxygens (including phenoxy) is 2. The number of amides is 1. The van der Waals surface area contributed by atoms with Gasteiger partial charge in [-0.15, -0.1) is 0 Å².